The Balaban J connectivity index is 1.76. The summed E-state index contributed by atoms with van der Waals surface area (Å²) in [5.74, 6) is -0.118. The number of rotatable bonds is 3. The predicted molar refractivity (Wildman–Crippen MR) is 101 cm³/mol. The fraction of sp³-hybridized carbons (Fsp3) is 0.350. The standard InChI is InChI=1S/C20H25N3O/c1-15-9-10-16(21)13-19(15)20(24)22-17-7-6-8-18(14-17)23-11-4-2-3-5-12-23/h6-10,13-14H,2-5,11-12,21H2,1H3,(H,22,24). The van der Waals surface area contributed by atoms with Crippen LogP contribution in [0.15, 0.2) is 42.5 Å². The van der Waals surface area contributed by atoms with Gasteiger partial charge in [0.15, 0.2) is 0 Å². The third-order valence-electron chi connectivity index (χ3n) is 4.58. The Kier molecular flexibility index (Phi) is 5.04. The number of carbonyl (C=O) groups is 1. The van der Waals surface area contributed by atoms with Crippen molar-refractivity contribution in [3.63, 3.8) is 0 Å². The van der Waals surface area contributed by atoms with Crippen LogP contribution in [0.1, 0.15) is 41.6 Å². The van der Waals surface area contributed by atoms with E-state index in [9.17, 15) is 4.79 Å². The van der Waals surface area contributed by atoms with Crippen LogP contribution in [0.3, 0.4) is 0 Å². The topological polar surface area (TPSA) is 58.4 Å². The molecule has 3 N–H and O–H groups in total. The van der Waals surface area contributed by atoms with Crippen LogP contribution in [-0.4, -0.2) is 19.0 Å². The van der Waals surface area contributed by atoms with Crippen molar-refractivity contribution in [3.05, 3.63) is 53.6 Å². The van der Waals surface area contributed by atoms with Crippen molar-refractivity contribution < 1.29 is 4.79 Å². The lowest BCUT2D eigenvalue weighted by Crippen LogP contribution is -2.24. The second-order valence-corrected chi connectivity index (χ2v) is 6.48. The average molecular weight is 323 g/mol. The SMILES string of the molecule is Cc1ccc(N)cc1C(=O)Nc1cccc(N2CCCCCC2)c1. The molecule has 4 nitrogen and oxygen atoms in total. The molecule has 2 aromatic rings. The number of benzene rings is 2. The molecule has 1 saturated heterocycles. The molecular weight excluding hydrogens is 298 g/mol. The third-order valence-corrected chi connectivity index (χ3v) is 4.58. The average Bonchev–Trinajstić information content (AvgIpc) is 2.86. The molecule has 0 radical (unpaired) electrons. The summed E-state index contributed by atoms with van der Waals surface area (Å²) in [6.07, 6.45) is 5.08. The fourth-order valence-electron chi connectivity index (χ4n) is 3.19. The highest BCUT2D eigenvalue weighted by atomic mass is 16.1. The summed E-state index contributed by atoms with van der Waals surface area (Å²) in [6.45, 7) is 4.10. The highest BCUT2D eigenvalue weighted by molar-refractivity contribution is 6.06. The van der Waals surface area contributed by atoms with Gasteiger partial charge in [0.2, 0.25) is 0 Å². The number of carbonyl (C=O) groups excluding carboxylic acids is 1. The second-order valence-electron chi connectivity index (χ2n) is 6.48. The first-order valence-corrected chi connectivity index (χ1v) is 8.66. The van der Waals surface area contributed by atoms with Crippen LogP contribution in [0, 0.1) is 6.92 Å². The smallest absolute Gasteiger partial charge is 0.256 e. The fourth-order valence-corrected chi connectivity index (χ4v) is 3.19. The summed E-state index contributed by atoms with van der Waals surface area (Å²) in [6, 6.07) is 13.5. The van der Waals surface area contributed by atoms with E-state index < -0.39 is 0 Å². The summed E-state index contributed by atoms with van der Waals surface area (Å²) < 4.78 is 0. The summed E-state index contributed by atoms with van der Waals surface area (Å²) in [7, 11) is 0. The van der Waals surface area contributed by atoms with Gasteiger partial charge in [-0.15, -0.1) is 0 Å². The largest absolute Gasteiger partial charge is 0.399 e. The normalized spacial score (nSPS) is 15.0. The lowest BCUT2D eigenvalue weighted by atomic mass is 10.1. The van der Waals surface area contributed by atoms with Crippen LogP contribution in [0.2, 0.25) is 0 Å². The minimum atomic E-state index is -0.118. The number of nitrogens with one attached hydrogen (secondary N) is 1. The van der Waals surface area contributed by atoms with Crippen molar-refractivity contribution in [2.45, 2.75) is 32.6 Å². The maximum atomic E-state index is 12.5. The number of aryl methyl sites for hydroxylation is 1. The molecular formula is C20H25N3O. The molecule has 0 bridgehead atoms. The summed E-state index contributed by atoms with van der Waals surface area (Å²) in [5.41, 5.74) is 9.95. The number of nitrogens with two attached hydrogens (primary N) is 1. The first-order valence-electron chi connectivity index (χ1n) is 8.66. The van der Waals surface area contributed by atoms with Gasteiger partial charge in [-0.05, 0) is 55.7 Å². The molecule has 1 heterocycles. The Morgan fingerprint density at radius 3 is 2.54 bits per heavy atom. The van der Waals surface area contributed by atoms with Crippen LogP contribution in [-0.2, 0) is 0 Å². The summed E-state index contributed by atoms with van der Waals surface area (Å²) >= 11 is 0. The molecule has 0 unspecified atom stereocenters. The van der Waals surface area contributed by atoms with Crippen molar-refractivity contribution in [2.24, 2.45) is 0 Å². The van der Waals surface area contributed by atoms with Crippen LogP contribution in [0.4, 0.5) is 17.1 Å². The number of amides is 1. The third kappa shape index (κ3) is 3.88. The van der Waals surface area contributed by atoms with E-state index in [0.717, 1.165) is 24.3 Å². The summed E-state index contributed by atoms with van der Waals surface area (Å²) in [5, 5.41) is 3.00. The van der Waals surface area contributed by atoms with Crippen molar-refractivity contribution >= 4 is 23.0 Å². The number of anilines is 3. The monoisotopic (exact) mass is 323 g/mol. The van der Waals surface area contributed by atoms with Gasteiger partial charge in [-0.25, -0.2) is 0 Å². The Morgan fingerprint density at radius 1 is 1.04 bits per heavy atom. The molecule has 1 amide bonds. The Hall–Kier alpha value is -2.49. The van der Waals surface area contributed by atoms with Crippen LogP contribution < -0.4 is 16.0 Å². The minimum Gasteiger partial charge on any atom is -0.399 e. The van der Waals surface area contributed by atoms with Gasteiger partial charge in [0, 0.05) is 35.7 Å². The maximum Gasteiger partial charge on any atom is 0.256 e. The van der Waals surface area contributed by atoms with Gasteiger partial charge in [-0.2, -0.15) is 0 Å². The van der Waals surface area contributed by atoms with E-state index in [2.05, 4.69) is 22.3 Å². The number of nitrogen functional groups attached to an aromatic ring is 1. The summed E-state index contributed by atoms with van der Waals surface area (Å²) in [4.78, 5) is 15.0. The van der Waals surface area contributed by atoms with E-state index in [1.165, 1.54) is 31.4 Å². The van der Waals surface area contributed by atoms with Gasteiger partial charge in [-0.1, -0.05) is 25.0 Å². The molecule has 4 heteroatoms. The van der Waals surface area contributed by atoms with Gasteiger partial charge in [-0.3, -0.25) is 4.79 Å². The van der Waals surface area contributed by atoms with Crippen molar-refractivity contribution in [2.75, 3.05) is 29.0 Å². The molecule has 126 valence electrons. The number of hydrogen-bond donors (Lipinski definition) is 2. The number of hydrogen-bond acceptors (Lipinski definition) is 3. The second kappa shape index (κ2) is 7.39. The van der Waals surface area contributed by atoms with E-state index >= 15 is 0 Å². The van der Waals surface area contributed by atoms with Gasteiger partial charge in [0.25, 0.3) is 5.91 Å². The van der Waals surface area contributed by atoms with E-state index in [-0.39, 0.29) is 5.91 Å². The van der Waals surface area contributed by atoms with Gasteiger partial charge >= 0.3 is 0 Å². The zero-order chi connectivity index (χ0) is 16.9. The zero-order valence-corrected chi connectivity index (χ0v) is 14.2. The molecule has 3 rings (SSSR count). The molecule has 1 fully saturated rings. The molecule has 2 aromatic carbocycles. The molecule has 0 aromatic heterocycles. The minimum absolute atomic E-state index is 0.118. The maximum absolute atomic E-state index is 12.5. The highest BCUT2D eigenvalue weighted by Crippen LogP contribution is 2.23. The van der Waals surface area contributed by atoms with Gasteiger partial charge < -0.3 is 16.0 Å². The highest BCUT2D eigenvalue weighted by Gasteiger charge is 2.13. The quantitative estimate of drug-likeness (QED) is 0.832. The van der Waals surface area contributed by atoms with E-state index in [1.54, 1.807) is 6.07 Å². The molecule has 0 spiro atoms. The molecule has 0 aliphatic carbocycles. The van der Waals surface area contributed by atoms with Crippen LogP contribution >= 0.6 is 0 Å². The van der Waals surface area contributed by atoms with Gasteiger partial charge in [0.1, 0.15) is 0 Å². The van der Waals surface area contributed by atoms with Crippen molar-refractivity contribution in [1.29, 1.82) is 0 Å². The lowest BCUT2D eigenvalue weighted by Gasteiger charge is -2.23. The van der Waals surface area contributed by atoms with Crippen LogP contribution in [0.25, 0.3) is 0 Å². The molecule has 1 aliphatic heterocycles. The van der Waals surface area contributed by atoms with E-state index in [1.807, 2.05) is 31.2 Å². The first kappa shape index (κ1) is 16.4. The molecule has 1 aliphatic rings. The predicted octanol–water partition coefficient (Wildman–Crippen LogP) is 4.21. The van der Waals surface area contributed by atoms with E-state index in [0.29, 0.717) is 11.3 Å². The molecule has 0 saturated carbocycles. The molecule has 24 heavy (non-hydrogen) atoms. The first-order chi connectivity index (χ1) is 11.6. The Bertz CT molecular complexity index is 719. The number of nitrogens with zero attached hydrogens (tertiary/aromatic N) is 1. The van der Waals surface area contributed by atoms with Gasteiger partial charge in [0.05, 0.1) is 0 Å². The lowest BCUT2D eigenvalue weighted by molar-refractivity contribution is 0.102. The Labute approximate surface area is 143 Å². The Morgan fingerprint density at radius 2 is 1.79 bits per heavy atom. The zero-order valence-electron chi connectivity index (χ0n) is 14.2. The van der Waals surface area contributed by atoms with Crippen molar-refractivity contribution in [3.8, 4) is 0 Å². The van der Waals surface area contributed by atoms with Crippen molar-refractivity contribution in [1.82, 2.24) is 0 Å². The van der Waals surface area contributed by atoms with E-state index in [4.69, 9.17) is 5.73 Å². The van der Waals surface area contributed by atoms with Crippen LogP contribution in [0.5, 0.6) is 0 Å². The molecule has 0 atom stereocenters.